The normalized spacial score (nSPS) is 15.8. The van der Waals surface area contributed by atoms with Crippen LogP contribution in [0, 0.1) is 12.8 Å². The van der Waals surface area contributed by atoms with E-state index in [1.54, 1.807) is 0 Å². The van der Waals surface area contributed by atoms with Crippen molar-refractivity contribution in [2.45, 2.75) is 33.2 Å². The minimum Gasteiger partial charge on any atom is -0.321 e. The summed E-state index contributed by atoms with van der Waals surface area (Å²) in [6.07, 6.45) is 0. The van der Waals surface area contributed by atoms with Crippen LogP contribution < -0.4 is 5.73 Å². The molecule has 0 heterocycles. The van der Waals surface area contributed by atoms with Crippen LogP contribution >= 0.6 is 0 Å². The minimum atomic E-state index is -0.217. The van der Waals surface area contributed by atoms with Gasteiger partial charge in [-0.25, -0.2) is 0 Å². The smallest absolute Gasteiger partial charge is 0.0406 e. The minimum absolute atomic E-state index is 0.217. The first kappa shape index (κ1) is 10.3. The van der Waals surface area contributed by atoms with Crippen LogP contribution in [-0.2, 0) is 5.54 Å². The molecule has 0 fully saturated rings. The fraction of sp³-hybridized carbons (Fsp3) is 0.500. The van der Waals surface area contributed by atoms with Gasteiger partial charge >= 0.3 is 0 Å². The van der Waals surface area contributed by atoms with Gasteiger partial charge in [-0.2, -0.15) is 0 Å². The third kappa shape index (κ3) is 1.92. The van der Waals surface area contributed by atoms with Crippen LogP contribution in [0.25, 0.3) is 0 Å². The molecule has 0 aliphatic carbocycles. The standard InChI is InChI=1S/C12H19N/c1-9(2)12(4,13)11-8-6-5-7-10(11)3/h5-9H,13H2,1-4H3. The van der Waals surface area contributed by atoms with Crippen molar-refractivity contribution in [2.75, 3.05) is 0 Å². The van der Waals surface area contributed by atoms with E-state index in [0.29, 0.717) is 5.92 Å². The lowest BCUT2D eigenvalue weighted by molar-refractivity contribution is 0.349. The van der Waals surface area contributed by atoms with Crippen LogP contribution in [0.2, 0.25) is 0 Å². The maximum absolute atomic E-state index is 6.28. The zero-order valence-corrected chi connectivity index (χ0v) is 8.96. The molecule has 1 unspecified atom stereocenters. The van der Waals surface area contributed by atoms with E-state index in [-0.39, 0.29) is 5.54 Å². The van der Waals surface area contributed by atoms with Gasteiger partial charge in [-0.3, -0.25) is 0 Å². The predicted molar refractivity (Wildman–Crippen MR) is 57.6 cm³/mol. The van der Waals surface area contributed by atoms with Crippen molar-refractivity contribution in [1.29, 1.82) is 0 Å². The SMILES string of the molecule is Cc1ccccc1C(C)(N)C(C)C. The molecule has 0 radical (unpaired) electrons. The largest absolute Gasteiger partial charge is 0.321 e. The number of benzene rings is 1. The Morgan fingerprint density at radius 2 is 1.77 bits per heavy atom. The first-order valence-electron chi connectivity index (χ1n) is 4.81. The molecule has 0 aliphatic rings. The summed E-state index contributed by atoms with van der Waals surface area (Å²) < 4.78 is 0. The summed E-state index contributed by atoms with van der Waals surface area (Å²) in [5, 5.41) is 0. The molecule has 0 saturated heterocycles. The molecule has 0 aromatic heterocycles. The number of hydrogen-bond donors (Lipinski definition) is 1. The highest BCUT2D eigenvalue weighted by Crippen LogP contribution is 2.28. The molecule has 1 aromatic carbocycles. The number of aryl methyl sites for hydroxylation is 1. The zero-order chi connectivity index (χ0) is 10.1. The molecular weight excluding hydrogens is 158 g/mol. The average molecular weight is 177 g/mol. The van der Waals surface area contributed by atoms with Gasteiger partial charge in [0.2, 0.25) is 0 Å². The fourth-order valence-electron chi connectivity index (χ4n) is 1.49. The Labute approximate surface area is 81.0 Å². The Morgan fingerprint density at radius 3 is 2.23 bits per heavy atom. The van der Waals surface area contributed by atoms with Crippen LogP contribution in [0.3, 0.4) is 0 Å². The van der Waals surface area contributed by atoms with E-state index in [9.17, 15) is 0 Å². The lowest BCUT2D eigenvalue weighted by Crippen LogP contribution is -2.39. The first-order valence-corrected chi connectivity index (χ1v) is 4.81. The van der Waals surface area contributed by atoms with E-state index in [1.165, 1.54) is 11.1 Å². The zero-order valence-electron chi connectivity index (χ0n) is 8.96. The molecule has 1 rings (SSSR count). The second-order valence-electron chi connectivity index (χ2n) is 4.25. The van der Waals surface area contributed by atoms with E-state index < -0.39 is 0 Å². The number of hydrogen-bond acceptors (Lipinski definition) is 1. The van der Waals surface area contributed by atoms with E-state index in [0.717, 1.165) is 0 Å². The first-order chi connectivity index (χ1) is 5.96. The van der Waals surface area contributed by atoms with Crippen molar-refractivity contribution in [3.63, 3.8) is 0 Å². The summed E-state index contributed by atoms with van der Waals surface area (Å²) in [6, 6.07) is 8.34. The molecular formula is C12H19N. The van der Waals surface area contributed by atoms with Crippen molar-refractivity contribution in [2.24, 2.45) is 11.7 Å². The third-order valence-corrected chi connectivity index (χ3v) is 2.92. The van der Waals surface area contributed by atoms with Gasteiger partial charge in [0, 0.05) is 5.54 Å². The van der Waals surface area contributed by atoms with E-state index in [1.807, 2.05) is 0 Å². The second kappa shape index (κ2) is 3.51. The Balaban J connectivity index is 3.14. The van der Waals surface area contributed by atoms with E-state index >= 15 is 0 Å². The summed E-state index contributed by atoms with van der Waals surface area (Å²) >= 11 is 0. The van der Waals surface area contributed by atoms with E-state index in [2.05, 4.69) is 52.0 Å². The molecule has 0 bridgehead atoms. The van der Waals surface area contributed by atoms with Gasteiger partial charge in [0.25, 0.3) is 0 Å². The van der Waals surface area contributed by atoms with Gasteiger partial charge < -0.3 is 5.73 Å². The molecule has 0 aliphatic heterocycles. The van der Waals surface area contributed by atoms with Crippen LogP contribution in [0.4, 0.5) is 0 Å². The number of rotatable bonds is 2. The lowest BCUT2D eigenvalue weighted by Gasteiger charge is -2.31. The van der Waals surface area contributed by atoms with Gasteiger partial charge in [-0.15, -0.1) is 0 Å². The molecule has 1 nitrogen and oxygen atoms in total. The summed E-state index contributed by atoms with van der Waals surface area (Å²) in [7, 11) is 0. The second-order valence-corrected chi connectivity index (χ2v) is 4.25. The van der Waals surface area contributed by atoms with Crippen molar-refractivity contribution in [3.8, 4) is 0 Å². The maximum atomic E-state index is 6.28. The van der Waals surface area contributed by atoms with Gasteiger partial charge in [0.15, 0.2) is 0 Å². The summed E-state index contributed by atoms with van der Waals surface area (Å²) in [5.74, 6) is 0.452. The number of nitrogens with two attached hydrogens (primary N) is 1. The molecule has 0 saturated carbocycles. The van der Waals surface area contributed by atoms with Crippen molar-refractivity contribution < 1.29 is 0 Å². The molecule has 2 N–H and O–H groups in total. The van der Waals surface area contributed by atoms with Crippen molar-refractivity contribution in [1.82, 2.24) is 0 Å². The molecule has 1 heteroatoms. The Morgan fingerprint density at radius 1 is 1.23 bits per heavy atom. The average Bonchev–Trinajstić information content (AvgIpc) is 2.04. The Hall–Kier alpha value is -0.820. The monoisotopic (exact) mass is 177 g/mol. The van der Waals surface area contributed by atoms with Crippen LogP contribution in [0.1, 0.15) is 31.9 Å². The van der Waals surface area contributed by atoms with Gasteiger partial charge in [0.1, 0.15) is 0 Å². The lowest BCUT2D eigenvalue weighted by atomic mass is 9.81. The molecule has 0 spiro atoms. The molecule has 1 atom stereocenters. The molecule has 13 heavy (non-hydrogen) atoms. The predicted octanol–water partition coefficient (Wildman–Crippen LogP) is 2.82. The Kier molecular flexibility index (Phi) is 2.77. The Bertz CT molecular complexity index is 287. The van der Waals surface area contributed by atoms with Crippen molar-refractivity contribution in [3.05, 3.63) is 35.4 Å². The van der Waals surface area contributed by atoms with Crippen molar-refractivity contribution >= 4 is 0 Å². The highest BCUT2D eigenvalue weighted by atomic mass is 14.7. The summed E-state index contributed by atoms with van der Waals surface area (Å²) in [4.78, 5) is 0. The molecule has 0 amide bonds. The van der Waals surface area contributed by atoms with Gasteiger partial charge in [-0.05, 0) is 30.9 Å². The van der Waals surface area contributed by atoms with Gasteiger partial charge in [0.05, 0.1) is 0 Å². The van der Waals surface area contributed by atoms with E-state index in [4.69, 9.17) is 5.73 Å². The fourth-order valence-corrected chi connectivity index (χ4v) is 1.49. The summed E-state index contributed by atoms with van der Waals surface area (Å²) in [6.45, 7) is 8.53. The van der Waals surface area contributed by atoms with Crippen LogP contribution in [0.5, 0.6) is 0 Å². The quantitative estimate of drug-likeness (QED) is 0.738. The molecule has 72 valence electrons. The molecule has 1 aromatic rings. The highest BCUT2D eigenvalue weighted by molar-refractivity contribution is 5.32. The highest BCUT2D eigenvalue weighted by Gasteiger charge is 2.26. The van der Waals surface area contributed by atoms with Crippen LogP contribution in [-0.4, -0.2) is 0 Å². The van der Waals surface area contributed by atoms with Crippen LogP contribution in [0.15, 0.2) is 24.3 Å². The van der Waals surface area contributed by atoms with Gasteiger partial charge in [-0.1, -0.05) is 38.1 Å². The topological polar surface area (TPSA) is 26.0 Å². The maximum Gasteiger partial charge on any atom is 0.0406 e. The summed E-state index contributed by atoms with van der Waals surface area (Å²) in [5.41, 5.74) is 8.60. The third-order valence-electron chi connectivity index (χ3n) is 2.92.